The minimum Gasteiger partial charge on any atom is -0.454 e. The summed E-state index contributed by atoms with van der Waals surface area (Å²) in [5.74, 6) is 0.391. The highest BCUT2D eigenvalue weighted by Gasteiger charge is 2.18. The molecule has 4 rings (SSSR count). The maximum Gasteiger partial charge on any atom is 0.290 e. The molecule has 160 valence electrons. The maximum absolute atomic E-state index is 12.7. The Balaban J connectivity index is 1.42. The van der Waals surface area contributed by atoms with Crippen molar-refractivity contribution >= 4 is 22.6 Å². The zero-order chi connectivity index (χ0) is 22.0. The van der Waals surface area contributed by atoms with E-state index in [0.717, 1.165) is 5.56 Å². The Morgan fingerprint density at radius 2 is 1.81 bits per heavy atom. The van der Waals surface area contributed by atoms with Gasteiger partial charge in [-0.25, -0.2) is 4.68 Å². The molecule has 2 aromatic carbocycles. The fraction of sp³-hybridized carbons (Fsp3) is 0.273. The third kappa shape index (κ3) is 4.20. The molecule has 1 aliphatic heterocycles. The van der Waals surface area contributed by atoms with E-state index in [1.54, 1.807) is 30.3 Å². The number of ether oxygens (including phenoxy) is 2. The summed E-state index contributed by atoms with van der Waals surface area (Å²) in [6.45, 7) is 3.81. The van der Waals surface area contributed by atoms with Crippen molar-refractivity contribution in [3.8, 4) is 11.5 Å². The minimum atomic E-state index is -0.595. The second-order valence-corrected chi connectivity index (χ2v) is 7.43. The Bertz CT molecular complexity index is 1220. The lowest BCUT2D eigenvalue weighted by atomic mass is 10.1. The van der Waals surface area contributed by atoms with Crippen molar-refractivity contribution in [2.45, 2.75) is 32.7 Å². The quantitative estimate of drug-likeness (QED) is 0.609. The largest absolute Gasteiger partial charge is 0.454 e. The molecule has 0 aliphatic carbocycles. The van der Waals surface area contributed by atoms with Gasteiger partial charge in [-0.05, 0) is 44.0 Å². The SMILES string of the molecule is CC(C)n1nc(C(=O)NNC(=O)CCc2ccc3c(c2)OCO3)c2ccccc2c1=O. The molecular formula is C22H22N4O5. The average Bonchev–Trinajstić information content (AvgIpc) is 3.24. The number of nitrogens with one attached hydrogen (secondary N) is 2. The molecular weight excluding hydrogens is 400 g/mol. The minimum absolute atomic E-state index is 0.0694. The molecule has 9 heteroatoms. The van der Waals surface area contributed by atoms with Crippen LogP contribution in [0.2, 0.25) is 0 Å². The Morgan fingerprint density at radius 3 is 2.58 bits per heavy atom. The number of benzene rings is 2. The van der Waals surface area contributed by atoms with E-state index in [2.05, 4.69) is 16.0 Å². The van der Waals surface area contributed by atoms with Gasteiger partial charge in [-0.3, -0.25) is 25.2 Å². The van der Waals surface area contributed by atoms with E-state index >= 15 is 0 Å². The number of hydrogen-bond acceptors (Lipinski definition) is 6. The van der Waals surface area contributed by atoms with Crippen molar-refractivity contribution in [2.24, 2.45) is 0 Å². The molecule has 0 unspecified atom stereocenters. The van der Waals surface area contributed by atoms with Crippen LogP contribution in [0, 0.1) is 0 Å². The van der Waals surface area contributed by atoms with Gasteiger partial charge in [0.2, 0.25) is 12.7 Å². The van der Waals surface area contributed by atoms with E-state index in [-0.39, 0.29) is 36.4 Å². The predicted molar refractivity (Wildman–Crippen MR) is 113 cm³/mol. The normalized spacial score (nSPS) is 12.2. The second-order valence-electron chi connectivity index (χ2n) is 7.43. The van der Waals surface area contributed by atoms with Crippen LogP contribution in [0.15, 0.2) is 47.3 Å². The number of fused-ring (bicyclic) bond motifs is 2. The molecule has 2 amide bonds. The zero-order valence-corrected chi connectivity index (χ0v) is 17.2. The van der Waals surface area contributed by atoms with Crippen molar-refractivity contribution in [1.29, 1.82) is 0 Å². The summed E-state index contributed by atoms with van der Waals surface area (Å²) >= 11 is 0. The first-order valence-electron chi connectivity index (χ1n) is 9.93. The highest BCUT2D eigenvalue weighted by molar-refractivity contribution is 6.05. The topological polar surface area (TPSA) is 112 Å². The molecule has 0 saturated carbocycles. The van der Waals surface area contributed by atoms with E-state index in [4.69, 9.17) is 9.47 Å². The Morgan fingerprint density at radius 1 is 1.06 bits per heavy atom. The Kier molecular flexibility index (Phi) is 5.57. The highest BCUT2D eigenvalue weighted by atomic mass is 16.7. The number of hydrazine groups is 1. The van der Waals surface area contributed by atoms with Gasteiger partial charge in [0.15, 0.2) is 17.2 Å². The summed E-state index contributed by atoms with van der Waals surface area (Å²) in [6.07, 6.45) is 0.636. The van der Waals surface area contributed by atoms with Gasteiger partial charge < -0.3 is 9.47 Å². The number of nitrogens with zero attached hydrogens (tertiary/aromatic N) is 2. The van der Waals surface area contributed by atoms with Crippen LogP contribution in [0.5, 0.6) is 11.5 Å². The van der Waals surface area contributed by atoms with Crippen LogP contribution >= 0.6 is 0 Å². The predicted octanol–water partition coefficient (Wildman–Crippen LogP) is 2.10. The number of aryl methyl sites for hydroxylation is 1. The van der Waals surface area contributed by atoms with Crippen LogP contribution in [0.25, 0.3) is 10.8 Å². The van der Waals surface area contributed by atoms with Gasteiger partial charge in [-0.2, -0.15) is 5.10 Å². The molecule has 0 bridgehead atoms. The summed E-state index contributed by atoms with van der Waals surface area (Å²) < 4.78 is 11.9. The van der Waals surface area contributed by atoms with Crippen molar-refractivity contribution in [3.63, 3.8) is 0 Å². The molecule has 0 atom stereocenters. The molecule has 0 saturated heterocycles. The van der Waals surface area contributed by atoms with Gasteiger partial charge >= 0.3 is 0 Å². The van der Waals surface area contributed by atoms with E-state index in [1.165, 1.54) is 4.68 Å². The molecule has 31 heavy (non-hydrogen) atoms. The first-order chi connectivity index (χ1) is 14.9. The number of amides is 2. The van der Waals surface area contributed by atoms with Crippen LogP contribution in [0.3, 0.4) is 0 Å². The smallest absolute Gasteiger partial charge is 0.290 e. The van der Waals surface area contributed by atoms with Crippen LogP contribution in [-0.2, 0) is 11.2 Å². The lowest BCUT2D eigenvalue weighted by Gasteiger charge is -2.13. The monoisotopic (exact) mass is 422 g/mol. The van der Waals surface area contributed by atoms with Crippen molar-refractivity contribution in [3.05, 3.63) is 64.1 Å². The molecule has 0 spiro atoms. The van der Waals surface area contributed by atoms with Crippen molar-refractivity contribution in [2.75, 3.05) is 6.79 Å². The summed E-state index contributed by atoms with van der Waals surface area (Å²) in [4.78, 5) is 37.5. The van der Waals surface area contributed by atoms with E-state index in [0.29, 0.717) is 28.7 Å². The van der Waals surface area contributed by atoms with E-state index in [1.807, 2.05) is 26.0 Å². The maximum atomic E-state index is 12.7. The lowest BCUT2D eigenvalue weighted by molar-refractivity contribution is -0.121. The van der Waals surface area contributed by atoms with Gasteiger partial charge in [0.1, 0.15) is 0 Å². The first-order valence-corrected chi connectivity index (χ1v) is 9.93. The molecule has 2 heterocycles. The molecule has 2 N–H and O–H groups in total. The molecule has 0 fully saturated rings. The van der Waals surface area contributed by atoms with E-state index in [9.17, 15) is 14.4 Å². The molecule has 9 nitrogen and oxygen atoms in total. The average molecular weight is 422 g/mol. The second kappa shape index (κ2) is 8.47. The van der Waals surface area contributed by atoms with Crippen LogP contribution in [0.1, 0.15) is 42.4 Å². The van der Waals surface area contributed by atoms with Crippen LogP contribution in [-0.4, -0.2) is 28.4 Å². The summed E-state index contributed by atoms with van der Waals surface area (Å²) in [5.41, 5.74) is 5.52. The summed E-state index contributed by atoms with van der Waals surface area (Å²) in [6, 6.07) is 12.0. The first kappa shape index (κ1) is 20.4. The van der Waals surface area contributed by atoms with Gasteiger partial charge in [-0.15, -0.1) is 0 Å². The van der Waals surface area contributed by atoms with Gasteiger partial charge in [-0.1, -0.05) is 24.3 Å². The lowest BCUT2D eigenvalue weighted by Crippen LogP contribution is -2.43. The van der Waals surface area contributed by atoms with Crippen LogP contribution < -0.4 is 25.9 Å². The van der Waals surface area contributed by atoms with Gasteiger partial charge in [0, 0.05) is 11.8 Å². The number of rotatable bonds is 5. The van der Waals surface area contributed by atoms with Crippen LogP contribution in [0.4, 0.5) is 0 Å². The molecule has 3 aromatic rings. The Hall–Kier alpha value is -3.88. The third-order valence-corrected chi connectivity index (χ3v) is 4.93. The highest BCUT2D eigenvalue weighted by Crippen LogP contribution is 2.32. The Labute approximate surface area is 177 Å². The number of aromatic nitrogens is 2. The van der Waals surface area contributed by atoms with E-state index < -0.39 is 5.91 Å². The number of hydrogen-bond donors (Lipinski definition) is 2. The fourth-order valence-corrected chi connectivity index (χ4v) is 3.33. The number of carbonyl (C=O) groups is 2. The molecule has 0 radical (unpaired) electrons. The fourth-order valence-electron chi connectivity index (χ4n) is 3.33. The van der Waals surface area contributed by atoms with Crippen molar-refractivity contribution < 1.29 is 19.1 Å². The van der Waals surface area contributed by atoms with Gasteiger partial charge in [0.25, 0.3) is 11.5 Å². The summed E-state index contributed by atoms with van der Waals surface area (Å²) in [7, 11) is 0. The standard InChI is InChI=1S/C22H22N4O5/c1-13(2)26-22(29)16-6-4-3-5-15(16)20(25-26)21(28)24-23-19(27)10-8-14-7-9-17-18(11-14)31-12-30-17/h3-7,9,11,13H,8,10,12H2,1-2H3,(H,23,27)(H,24,28). The molecule has 1 aliphatic rings. The van der Waals surface area contributed by atoms with Crippen molar-refractivity contribution in [1.82, 2.24) is 20.6 Å². The molecule has 1 aromatic heterocycles. The van der Waals surface area contributed by atoms with Gasteiger partial charge in [0.05, 0.1) is 11.4 Å². The number of carbonyl (C=O) groups excluding carboxylic acids is 2. The third-order valence-electron chi connectivity index (χ3n) is 4.93. The summed E-state index contributed by atoms with van der Waals surface area (Å²) in [5, 5.41) is 5.04. The zero-order valence-electron chi connectivity index (χ0n) is 17.2.